The summed E-state index contributed by atoms with van der Waals surface area (Å²) in [5.74, 6) is 5.92. The van der Waals surface area contributed by atoms with E-state index in [2.05, 4.69) is 47.6 Å². The molecule has 0 unspecified atom stereocenters. The molecule has 0 spiro atoms. The van der Waals surface area contributed by atoms with Gasteiger partial charge in [0.05, 0.1) is 6.10 Å². The minimum atomic E-state index is -0.0404. The molecule has 0 bridgehead atoms. The molecule has 4 aliphatic rings. The fraction of sp³-hybridized carbons (Fsp3) is 0.931. The van der Waals surface area contributed by atoms with Crippen LogP contribution in [0, 0.1) is 52.3 Å². The molecule has 172 valence electrons. The predicted octanol–water partition coefficient (Wildman–Crippen LogP) is 8.02. The van der Waals surface area contributed by atoms with Gasteiger partial charge in [0, 0.05) is 0 Å². The molecule has 3 saturated carbocycles. The van der Waals surface area contributed by atoms with Crippen molar-refractivity contribution in [2.24, 2.45) is 52.3 Å². The van der Waals surface area contributed by atoms with Gasteiger partial charge in [-0.15, -0.1) is 0 Å². The summed E-state index contributed by atoms with van der Waals surface area (Å²) in [4.78, 5) is 0. The van der Waals surface area contributed by atoms with E-state index in [0.717, 1.165) is 54.3 Å². The van der Waals surface area contributed by atoms with Crippen LogP contribution in [0.4, 0.5) is 0 Å². The molecule has 4 rings (SSSR count). The lowest BCUT2D eigenvalue weighted by atomic mass is 9.47. The summed E-state index contributed by atoms with van der Waals surface area (Å²) in [6.45, 7) is 15.1. The summed E-state index contributed by atoms with van der Waals surface area (Å²) in [7, 11) is 0. The SMILES string of the molecule is CC[C@@H](CC[C@H](C)[C@H]1CC[C@H]2C3=CC[C@H]4C[C@H](O)CC[C@]4(C)[C@H]3CC[C@]12C)C(C)C. The molecule has 1 nitrogen and oxygen atoms in total. The van der Waals surface area contributed by atoms with E-state index in [1.165, 1.54) is 57.8 Å². The molecule has 30 heavy (non-hydrogen) atoms. The Balaban J connectivity index is 1.48. The van der Waals surface area contributed by atoms with Crippen molar-refractivity contribution in [3.05, 3.63) is 11.6 Å². The first-order valence-corrected chi connectivity index (χ1v) is 13.6. The number of aliphatic hydroxyl groups is 1. The number of aliphatic hydroxyl groups excluding tert-OH is 1. The molecule has 0 aromatic heterocycles. The monoisotopic (exact) mass is 414 g/mol. The summed E-state index contributed by atoms with van der Waals surface area (Å²) in [5, 5.41) is 10.3. The first-order valence-electron chi connectivity index (χ1n) is 13.6. The van der Waals surface area contributed by atoms with Gasteiger partial charge in [-0.25, -0.2) is 0 Å². The van der Waals surface area contributed by atoms with E-state index in [0.29, 0.717) is 10.8 Å². The zero-order chi connectivity index (χ0) is 21.7. The topological polar surface area (TPSA) is 20.2 Å². The van der Waals surface area contributed by atoms with Crippen molar-refractivity contribution in [3.63, 3.8) is 0 Å². The molecule has 0 aromatic carbocycles. The lowest BCUT2D eigenvalue weighted by Gasteiger charge is -2.57. The second-order valence-electron chi connectivity index (χ2n) is 12.9. The van der Waals surface area contributed by atoms with Gasteiger partial charge >= 0.3 is 0 Å². The average Bonchev–Trinajstić information content (AvgIpc) is 3.06. The van der Waals surface area contributed by atoms with Crippen LogP contribution in [0.15, 0.2) is 11.6 Å². The number of hydrogen-bond acceptors (Lipinski definition) is 1. The Kier molecular flexibility index (Phi) is 6.53. The standard InChI is InChI=1S/C29H50O/c1-7-21(19(2)3)9-8-20(4)25-12-13-26-24-11-10-22-18-23(30)14-16-28(22,5)27(24)15-17-29(25,26)6/h11,19-23,25-27,30H,7-10,12-18H2,1-6H3/t20-,21-,22-,23+,25+,26-,27-,28-,29+/m0/s1. The van der Waals surface area contributed by atoms with Gasteiger partial charge < -0.3 is 5.11 Å². The molecule has 4 aliphatic carbocycles. The number of allylic oxidation sites excluding steroid dienone is 2. The third-order valence-electron chi connectivity index (χ3n) is 11.3. The summed E-state index contributed by atoms with van der Waals surface area (Å²) < 4.78 is 0. The fourth-order valence-electron chi connectivity index (χ4n) is 9.15. The Hall–Kier alpha value is -0.300. The molecule has 1 heteroatoms. The maximum atomic E-state index is 10.3. The van der Waals surface area contributed by atoms with Crippen molar-refractivity contribution in [1.29, 1.82) is 0 Å². The number of hydrogen-bond donors (Lipinski definition) is 1. The minimum Gasteiger partial charge on any atom is -0.393 e. The van der Waals surface area contributed by atoms with E-state index < -0.39 is 0 Å². The second kappa shape index (κ2) is 8.57. The van der Waals surface area contributed by atoms with Crippen molar-refractivity contribution >= 4 is 0 Å². The number of fused-ring (bicyclic) bond motifs is 5. The average molecular weight is 415 g/mol. The van der Waals surface area contributed by atoms with Crippen LogP contribution < -0.4 is 0 Å². The van der Waals surface area contributed by atoms with Gasteiger partial charge in [0.15, 0.2) is 0 Å². The third-order valence-corrected chi connectivity index (χ3v) is 11.3. The largest absolute Gasteiger partial charge is 0.393 e. The molecule has 0 radical (unpaired) electrons. The summed E-state index contributed by atoms with van der Waals surface area (Å²) in [5.41, 5.74) is 2.88. The van der Waals surface area contributed by atoms with Crippen molar-refractivity contribution in [3.8, 4) is 0 Å². The molecule has 0 aromatic rings. The van der Waals surface area contributed by atoms with Gasteiger partial charge in [0.25, 0.3) is 0 Å². The molecule has 0 heterocycles. The zero-order valence-corrected chi connectivity index (χ0v) is 20.9. The van der Waals surface area contributed by atoms with Gasteiger partial charge in [-0.1, -0.05) is 66.0 Å². The molecule has 3 fully saturated rings. The van der Waals surface area contributed by atoms with Gasteiger partial charge in [0.1, 0.15) is 0 Å². The van der Waals surface area contributed by atoms with Crippen LogP contribution in [0.1, 0.15) is 112 Å². The number of rotatable bonds is 6. The highest BCUT2D eigenvalue weighted by molar-refractivity contribution is 5.27. The van der Waals surface area contributed by atoms with Gasteiger partial charge in [-0.3, -0.25) is 0 Å². The van der Waals surface area contributed by atoms with Gasteiger partial charge in [-0.05, 0) is 110 Å². The van der Waals surface area contributed by atoms with E-state index >= 15 is 0 Å². The zero-order valence-electron chi connectivity index (χ0n) is 20.9. The van der Waals surface area contributed by atoms with Crippen LogP contribution >= 0.6 is 0 Å². The first kappa shape index (κ1) is 22.9. The van der Waals surface area contributed by atoms with Crippen molar-refractivity contribution < 1.29 is 5.11 Å². The second-order valence-corrected chi connectivity index (χ2v) is 12.9. The maximum Gasteiger partial charge on any atom is 0.0543 e. The molecule has 0 amide bonds. The van der Waals surface area contributed by atoms with Crippen molar-refractivity contribution in [1.82, 2.24) is 0 Å². The Morgan fingerprint density at radius 1 is 0.967 bits per heavy atom. The van der Waals surface area contributed by atoms with Crippen LogP contribution in [-0.4, -0.2) is 11.2 Å². The fourth-order valence-corrected chi connectivity index (χ4v) is 9.15. The van der Waals surface area contributed by atoms with E-state index in [4.69, 9.17) is 0 Å². The molecule has 0 aliphatic heterocycles. The van der Waals surface area contributed by atoms with E-state index in [1.54, 1.807) is 0 Å². The normalized spacial score (nSPS) is 45.3. The molecule has 0 saturated heterocycles. The highest BCUT2D eigenvalue weighted by Gasteiger charge is 2.58. The smallest absolute Gasteiger partial charge is 0.0543 e. The quantitative estimate of drug-likeness (QED) is 0.436. The highest BCUT2D eigenvalue weighted by atomic mass is 16.3. The van der Waals surface area contributed by atoms with Crippen LogP contribution in [0.25, 0.3) is 0 Å². The van der Waals surface area contributed by atoms with Crippen LogP contribution in [0.5, 0.6) is 0 Å². The maximum absolute atomic E-state index is 10.3. The van der Waals surface area contributed by atoms with Gasteiger partial charge in [0.2, 0.25) is 0 Å². The Morgan fingerprint density at radius 3 is 2.37 bits per heavy atom. The molecular weight excluding hydrogens is 364 g/mol. The van der Waals surface area contributed by atoms with Crippen LogP contribution in [0.3, 0.4) is 0 Å². The van der Waals surface area contributed by atoms with Crippen LogP contribution in [-0.2, 0) is 0 Å². The molecule has 1 N–H and O–H groups in total. The lowest BCUT2D eigenvalue weighted by Crippen LogP contribution is -2.49. The van der Waals surface area contributed by atoms with Crippen molar-refractivity contribution in [2.45, 2.75) is 118 Å². The minimum absolute atomic E-state index is 0.0404. The predicted molar refractivity (Wildman–Crippen MR) is 128 cm³/mol. The van der Waals surface area contributed by atoms with E-state index in [-0.39, 0.29) is 6.10 Å². The third kappa shape index (κ3) is 3.74. The van der Waals surface area contributed by atoms with E-state index in [1.807, 2.05) is 5.57 Å². The first-order chi connectivity index (χ1) is 14.2. The Labute approximate surface area is 187 Å². The molecule has 9 atom stereocenters. The Bertz CT molecular complexity index is 634. The van der Waals surface area contributed by atoms with Gasteiger partial charge in [-0.2, -0.15) is 0 Å². The highest BCUT2D eigenvalue weighted by Crippen LogP contribution is 2.67. The van der Waals surface area contributed by atoms with E-state index in [9.17, 15) is 5.11 Å². The summed E-state index contributed by atoms with van der Waals surface area (Å²) >= 11 is 0. The summed E-state index contributed by atoms with van der Waals surface area (Å²) in [6, 6.07) is 0. The summed E-state index contributed by atoms with van der Waals surface area (Å²) in [6.07, 6.45) is 17.2. The lowest BCUT2D eigenvalue weighted by molar-refractivity contribution is -0.0428. The Morgan fingerprint density at radius 2 is 1.67 bits per heavy atom. The van der Waals surface area contributed by atoms with Crippen molar-refractivity contribution in [2.75, 3.05) is 0 Å². The molecular formula is C29H50O. The van der Waals surface area contributed by atoms with Crippen LogP contribution in [0.2, 0.25) is 0 Å².